The summed E-state index contributed by atoms with van der Waals surface area (Å²) in [7, 11) is 0. The number of nitrogens with zero attached hydrogens (tertiary/aromatic N) is 1. The number of nitrogens with one attached hydrogen (secondary N) is 3. The monoisotopic (exact) mass is 434 g/mol. The number of carbonyl (C=O) groups excluding carboxylic acids is 3. The van der Waals surface area contributed by atoms with Gasteiger partial charge in [0.1, 0.15) is 0 Å². The SMILES string of the molecule is O=C(CCNC(=O)c1ccc([N+](=O)[O-])cc1)NNC(=O)c1ccccc1Br. The molecule has 0 aliphatic rings. The van der Waals surface area contributed by atoms with Crippen LogP contribution in [0.4, 0.5) is 5.69 Å². The van der Waals surface area contributed by atoms with Crippen molar-refractivity contribution < 1.29 is 19.3 Å². The molecule has 3 N–H and O–H groups in total. The van der Waals surface area contributed by atoms with Crippen LogP contribution in [0.15, 0.2) is 53.0 Å². The van der Waals surface area contributed by atoms with Gasteiger partial charge in [-0.3, -0.25) is 35.3 Å². The second-order valence-electron chi connectivity index (χ2n) is 5.29. The standard InChI is InChI=1S/C17H15BrN4O5/c18-14-4-2-1-3-13(14)17(25)21-20-15(23)9-10-19-16(24)11-5-7-12(8-6-11)22(26)27/h1-8H,9-10H2,(H,19,24)(H,20,23)(H,21,25). The van der Waals surface area contributed by atoms with Gasteiger partial charge in [-0.15, -0.1) is 0 Å². The molecule has 0 unspecified atom stereocenters. The van der Waals surface area contributed by atoms with Crippen molar-refractivity contribution >= 4 is 39.3 Å². The third-order valence-corrected chi connectivity index (χ3v) is 4.10. The molecule has 2 aromatic carbocycles. The van der Waals surface area contributed by atoms with Gasteiger partial charge in [-0.1, -0.05) is 12.1 Å². The minimum atomic E-state index is -0.561. The third-order valence-electron chi connectivity index (χ3n) is 3.41. The molecule has 10 heteroatoms. The molecule has 0 aromatic heterocycles. The molecule has 140 valence electrons. The van der Waals surface area contributed by atoms with Gasteiger partial charge in [0, 0.05) is 35.1 Å². The Kier molecular flexibility index (Phi) is 7.00. The highest BCUT2D eigenvalue weighted by Gasteiger charge is 2.12. The minimum Gasteiger partial charge on any atom is -0.352 e. The van der Waals surface area contributed by atoms with Crippen molar-refractivity contribution in [1.29, 1.82) is 0 Å². The molecule has 0 aliphatic carbocycles. The Morgan fingerprint density at radius 1 is 0.963 bits per heavy atom. The van der Waals surface area contributed by atoms with Crippen LogP contribution in [0.5, 0.6) is 0 Å². The number of nitro benzene ring substituents is 1. The Hall–Kier alpha value is -3.27. The number of hydrazine groups is 1. The van der Waals surface area contributed by atoms with Gasteiger partial charge in [0.2, 0.25) is 5.91 Å². The van der Waals surface area contributed by atoms with E-state index in [2.05, 4.69) is 32.1 Å². The van der Waals surface area contributed by atoms with Crippen molar-refractivity contribution in [3.8, 4) is 0 Å². The number of rotatable bonds is 6. The van der Waals surface area contributed by atoms with Gasteiger partial charge in [-0.25, -0.2) is 0 Å². The summed E-state index contributed by atoms with van der Waals surface area (Å²) >= 11 is 3.24. The molecule has 0 saturated carbocycles. The predicted molar refractivity (Wildman–Crippen MR) is 99.8 cm³/mol. The fourth-order valence-corrected chi connectivity index (χ4v) is 2.49. The van der Waals surface area contributed by atoms with E-state index in [1.165, 1.54) is 24.3 Å². The average molecular weight is 435 g/mol. The molecule has 0 bridgehead atoms. The molecule has 0 aliphatic heterocycles. The second-order valence-corrected chi connectivity index (χ2v) is 6.15. The zero-order chi connectivity index (χ0) is 19.8. The van der Waals surface area contributed by atoms with Crippen LogP contribution >= 0.6 is 15.9 Å². The highest BCUT2D eigenvalue weighted by atomic mass is 79.9. The van der Waals surface area contributed by atoms with Gasteiger partial charge in [-0.05, 0) is 40.2 Å². The quantitative estimate of drug-likeness (QED) is 0.472. The predicted octanol–water partition coefficient (Wildman–Crippen LogP) is 1.94. The van der Waals surface area contributed by atoms with E-state index in [-0.39, 0.29) is 24.2 Å². The van der Waals surface area contributed by atoms with Crippen molar-refractivity contribution in [3.05, 3.63) is 74.2 Å². The van der Waals surface area contributed by atoms with Gasteiger partial charge in [0.05, 0.1) is 10.5 Å². The van der Waals surface area contributed by atoms with E-state index in [0.29, 0.717) is 10.0 Å². The van der Waals surface area contributed by atoms with Gasteiger partial charge in [0.15, 0.2) is 0 Å². The van der Waals surface area contributed by atoms with Crippen LogP contribution in [0.1, 0.15) is 27.1 Å². The summed E-state index contributed by atoms with van der Waals surface area (Å²) in [6.45, 7) is 0.0343. The first-order chi connectivity index (χ1) is 12.9. The molecule has 0 fully saturated rings. The number of carbonyl (C=O) groups is 3. The Morgan fingerprint density at radius 2 is 1.63 bits per heavy atom. The normalized spacial score (nSPS) is 9.96. The largest absolute Gasteiger partial charge is 0.352 e. The van der Waals surface area contributed by atoms with Crippen molar-refractivity contribution in [2.24, 2.45) is 0 Å². The zero-order valence-electron chi connectivity index (χ0n) is 13.9. The van der Waals surface area contributed by atoms with E-state index in [9.17, 15) is 24.5 Å². The fraction of sp³-hybridized carbons (Fsp3) is 0.118. The molecule has 0 radical (unpaired) electrons. The molecule has 0 atom stereocenters. The van der Waals surface area contributed by atoms with Crippen molar-refractivity contribution in [1.82, 2.24) is 16.2 Å². The molecule has 2 aromatic rings. The Morgan fingerprint density at radius 3 is 2.26 bits per heavy atom. The molecular formula is C17H15BrN4O5. The first-order valence-electron chi connectivity index (χ1n) is 7.75. The zero-order valence-corrected chi connectivity index (χ0v) is 15.5. The lowest BCUT2D eigenvalue weighted by atomic mass is 10.2. The topological polar surface area (TPSA) is 130 Å². The number of hydrogen-bond donors (Lipinski definition) is 3. The molecule has 0 spiro atoms. The number of hydrogen-bond acceptors (Lipinski definition) is 5. The second kappa shape index (κ2) is 9.43. The number of nitro groups is 1. The summed E-state index contributed by atoms with van der Waals surface area (Å²) in [4.78, 5) is 45.6. The van der Waals surface area contributed by atoms with E-state index in [4.69, 9.17) is 0 Å². The van der Waals surface area contributed by atoms with Gasteiger partial charge >= 0.3 is 0 Å². The summed E-state index contributed by atoms with van der Waals surface area (Å²) in [5.74, 6) is -1.43. The van der Waals surface area contributed by atoms with Crippen LogP contribution in [0.3, 0.4) is 0 Å². The number of non-ortho nitro benzene ring substituents is 1. The highest BCUT2D eigenvalue weighted by molar-refractivity contribution is 9.10. The van der Waals surface area contributed by atoms with E-state index < -0.39 is 22.6 Å². The van der Waals surface area contributed by atoms with Crippen LogP contribution in [0.25, 0.3) is 0 Å². The summed E-state index contributed by atoms with van der Waals surface area (Å²) in [6.07, 6.45) is -0.0606. The van der Waals surface area contributed by atoms with Crippen LogP contribution in [-0.2, 0) is 4.79 Å². The Bertz CT molecular complexity index is 870. The van der Waals surface area contributed by atoms with Crippen LogP contribution in [0, 0.1) is 10.1 Å². The summed E-state index contributed by atoms with van der Waals surface area (Å²) in [5.41, 5.74) is 5.02. The van der Waals surface area contributed by atoms with Crippen molar-refractivity contribution in [2.45, 2.75) is 6.42 Å². The molecule has 9 nitrogen and oxygen atoms in total. The maximum absolute atomic E-state index is 11.9. The first-order valence-corrected chi connectivity index (χ1v) is 8.54. The van der Waals surface area contributed by atoms with Gasteiger partial charge in [0.25, 0.3) is 17.5 Å². The van der Waals surface area contributed by atoms with Crippen molar-refractivity contribution in [2.75, 3.05) is 6.54 Å². The lowest BCUT2D eigenvalue weighted by Crippen LogP contribution is -2.42. The van der Waals surface area contributed by atoms with Crippen molar-refractivity contribution in [3.63, 3.8) is 0 Å². The maximum atomic E-state index is 11.9. The molecule has 0 heterocycles. The smallest absolute Gasteiger partial charge is 0.270 e. The number of benzene rings is 2. The molecular weight excluding hydrogens is 420 g/mol. The molecule has 0 saturated heterocycles. The van der Waals surface area contributed by atoms with Gasteiger partial charge < -0.3 is 5.32 Å². The van der Waals surface area contributed by atoms with Crippen LogP contribution in [-0.4, -0.2) is 29.2 Å². The fourth-order valence-electron chi connectivity index (χ4n) is 2.03. The summed E-state index contributed by atoms with van der Waals surface area (Å²) in [5, 5.41) is 13.1. The van der Waals surface area contributed by atoms with E-state index in [1.54, 1.807) is 24.3 Å². The highest BCUT2D eigenvalue weighted by Crippen LogP contribution is 2.15. The van der Waals surface area contributed by atoms with E-state index >= 15 is 0 Å². The Balaban J connectivity index is 1.74. The average Bonchev–Trinajstić information content (AvgIpc) is 2.66. The maximum Gasteiger partial charge on any atom is 0.270 e. The van der Waals surface area contributed by atoms with E-state index in [1.807, 2.05) is 0 Å². The minimum absolute atomic E-state index is 0.0343. The van der Waals surface area contributed by atoms with Crippen LogP contribution < -0.4 is 16.2 Å². The molecule has 2 rings (SSSR count). The van der Waals surface area contributed by atoms with Crippen LogP contribution in [0.2, 0.25) is 0 Å². The molecule has 3 amide bonds. The van der Waals surface area contributed by atoms with E-state index in [0.717, 1.165) is 0 Å². The number of amides is 3. The third kappa shape index (κ3) is 5.89. The Labute approximate surface area is 162 Å². The first kappa shape index (κ1) is 20.0. The summed E-state index contributed by atoms with van der Waals surface area (Å²) in [6, 6.07) is 11.8. The lowest BCUT2D eigenvalue weighted by Gasteiger charge is -2.09. The lowest BCUT2D eigenvalue weighted by molar-refractivity contribution is -0.384. The van der Waals surface area contributed by atoms with Gasteiger partial charge in [-0.2, -0.15) is 0 Å². The number of halogens is 1. The molecule has 27 heavy (non-hydrogen) atoms. The summed E-state index contributed by atoms with van der Waals surface area (Å²) < 4.78 is 0.590.